The van der Waals surface area contributed by atoms with Crippen LogP contribution in [0.5, 0.6) is 0 Å². The summed E-state index contributed by atoms with van der Waals surface area (Å²) < 4.78 is 2.18. The van der Waals surface area contributed by atoms with Crippen molar-refractivity contribution < 1.29 is 4.79 Å². The molecule has 1 N–H and O–H groups in total. The third kappa shape index (κ3) is 3.45. The zero-order chi connectivity index (χ0) is 18.0. The van der Waals surface area contributed by atoms with Crippen molar-refractivity contribution in [1.82, 2.24) is 19.1 Å². The highest BCUT2D eigenvalue weighted by Crippen LogP contribution is 2.24. The van der Waals surface area contributed by atoms with E-state index in [2.05, 4.69) is 15.3 Å². The molecule has 8 nitrogen and oxygen atoms in total. The monoisotopic (exact) mass is 357 g/mol. The first-order valence-electron chi connectivity index (χ1n) is 7.37. The second-order valence-corrected chi connectivity index (χ2v) is 6.27. The highest BCUT2D eigenvalue weighted by atomic mass is 32.2. The van der Waals surface area contributed by atoms with Crippen molar-refractivity contribution in [3.8, 4) is 0 Å². The molecule has 0 spiro atoms. The molecule has 128 valence electrons. The lowest BCUT2D eigenvalue weighted by Crippen LogP contribution is -2.38. The molecule has 0 bridgehead atoms. The summed E-state index contributed by atoms with van der Waals surface area (Å²) in [6.07, 6.45) is 1.45. The molecule has 1 amide bonds. The van der Waals surface area contributed by atoms with Crippen LogP contribution in [0.2, 0.25) is 0 Å². The molecule has 2 heterocycles. The van der Waals surface area contributed by atoms with Crippen molar-refractivity contribution in [3.05, 3.63) is 57.5 Å². The third-order valence-electron chi connectivity index (χ3n) is 3.64. The first kappa shape index (κ1) is 16.9. The van der Waals surface area contributed by atoms with Crippen molar-refractivity contribution in [3.63, 3.8) is 0 Å². The molecule has 0 aliphatic heterocycles. The molecule has 0 aliphatic rings. The van der Waals surface area contributed by atoms with Crippen molar-refractivity contribution in [2.24, 2.45) is 14.1 Å². The number of aromatic nitrogens is 4. The number of amides is 1. The van der Waals surface area contributed by atoms with E-state index < -0.39 is 11.2 Å². The van der Waals surface area contributed by atoms with Gasteiger partial charge in [0.25, 0.3) is 5.56 Å². The van der Waals surface area contributed by atoms with Gasteiger partial charge in [-0.3, -0.25) is 18.7 Å². The van der Waals surface area contributed by atoms with Gasteiger partial charge in [0.05, 0.1) is 11.3 Å². The largest absolute Gasteiger partial charge is 0.332 e. The minimum absolute atomic E-state index is 0.0877. The Morgan fingerprint density at radius 3 is 2.72 bits per heavy atom. The molecule has 2 aromatic heterocycles. The smallest absolute Gasteiger partial charge is 0.311 e. The van der Waals surface area contributed by atoms with Gasteiger partial charge in [0.1, 0.15) is 17.2 Å². The summed E-state index contributed by atoms with van der Waals surface area (Å²) in [5.74, 6) is -0.0908. The maximum Gasteiger partial charge on any atom is 0.332 e. The number of hydrogen-bond donors (Lipinski definition) is 1. The van der Waals surface area contributed by atoms with E-state index in [0.29, 0.717) is 5.03 Å². The van der Waals surface area contributed by atoms with Crippen LogP contribution in [0.25, 0.3) is 10.9 Å². The zero-order valence-electron chi connectivity index (χ0n) is 13.6. The van der Waals surface area contributed by atoms with Crippen LogP contribution in [0.15, 0.2) is 51.3 Å². The third-order valence-corrected chi connectivity index (χ3v) is 4.65. The normalized spacial score (nSPS) is 10.8. The second-order valence-electron chi connectivity index (χ2n) is 5.30. The van der Waals surface area contributed by atoms with Crippen LogP contribution in [0, 0.1) is 0 Å². The first-order valence-corrected chi connectivity index (χ1v) is 8.35. The molecule has 0 aliphatic carbocycles. The average molecular weight is 357 g/mol. The van der Waals surface area contributed by atoms with Gasteiger partial charge < -0.3 is 5.32 Å². The van der Waals surface area contributed by atoms with E-state index in [1.807, 2.05) is 24.3 Å². The van der Waals surface area contributed by atoms with Crippen LogP contribution in [0.4, 0.5) is 5.82 Å². The van der Waals surface area contributed by atoms with Crippen LogP contribution in [0.3, 0.4) is 0 Å². The average Bonchev–Trinajstić information content (AvgIpc) is 2.62. The number of carbonyl (C=O) groups excluding carboxylic acids is 1. The van der Waals surface area contributed by atoms with E-state index in [1.165, 1.54) is 42.8 Å². The summed E-state index contributed by atoms with van der Waals surface area (Å²) in [5.41, 5.74) is -0.181. The summed E-state index contributed by atoms with van der Waals surface area (Å²) >= 11 is 1.26. The topological polar surface area (TPSA) is 98.9 Å². The van der Waals surface area contributed by atoms with E-state index >= 15 is 0 Å². The predicted octanol–water partition coefficient (Wildman–Crippen LogP) is 0.758. The first-order chi connectivity index (χ1) is 12.0. The SMILES string of the molecule is Cn1c(NC(=O)CSc2ncnc3ccccc23)cc(=O)n(C)c1=O. The fourth-order valence-corrected chi connectivity index (χ4v) is 3.05. The number of nitrogens with zero attached hydrogens (tertiary/aromatic N) is 4. The van der Waals surface area contributed by atoms with Gasteiger partial charge in [0, 0.05) is 25.5 Å². The van der Waals surface area contributed by atoms with Crippen LogP contribution in [-0.4, -0.2) is 30.8 Å². The minimum Gasteiger partial charge on any atom is -0.311 e. The Morgan fingerprint density at radius 2 is 1.92 bits per heavy atom. The zero-order valence-corrected chi connectivity index (χ0v) is 14.4. The summed E-state index contributed by atoms with van der Waals surface area (Å²) in [4.78, 5) is 44.1. The Morgan fingerprint density at radius 1 is 1.16 bits per heavy atom. The summed E-state index contributed by atoms with van der Waals surface area (Å²) in [5, 5.41) is 4.14. The molecule has 3 aromatic rings. The molecule has 0 unspecified atom stereocenters. The van der Waals surface area contributed by atoms with E-state index in [1.54, 1.807) is 0 Å². The van der Waals surface area contributed by atoms with Gasteiger partial charge in [0.15, 0.2) is 0 Å². The molecule has 0 fully saturated rings. The standard InChI is InChI=1S/C16H15N5O3S/c1-20-12(7-14(23)21(2)16(20)24)19-13(22)8-25-15-10-5-3-4-6-11(10)17-9-18-15/h3-7,9H,8H2,1-2H3,(H,19,22). The van der Waals surface area contributed by atoms with Crippen molar-refractivity contribution >= 4 is 34.4 Å². The number of carbonyl (C=O) groups is 1. The van der Waals surface area contributed by atoms with Gasteiger partial charge in [-0.1, -0.05) is 30.0 Å². The number of rotatable bonds is 4. The quantitative estimate of drug-likeness (QED) is 0.547. The number of fused-ring (bicyclic) bond motifs is 1. The van der Waals surface area contributed by atoms with Crippen LogP contribution in [-0.2, 0) is 18.9 Å². The fraction of sp³-hybridized carbons (Fsp3) is 0.188. The van der Waals surface area contributed by atoms with Gasteiger partial charge in [-0.2, -0.15) is 0 Å². The maximum absolute atomic E-state index is 12.2. The lowest BCUT2D eigenvalue weighted by molar-refractivity contribution is -0.113. The minimum atomic E-state index is -0.503. The van der Waals surface area contributed by atoms with E-state index in [-0.39, 0.29) is 17.5 Å². The van der Waals surface area contributed by atoms with Gasteiger partial charge >= 0.3 is 5.69 Å². The van der Waals surface area contributed by atoms with E-state index in [4.69, 9.17) is 0 Å². The highest BCUT2D eigenvalue weighted by molar-refractivity contribution is 8.00. The number of para-hydroxylation sites is 1. The Kier molecular flexibility index (Phi) is 4.66. The van der Waals surface area contributed by atoms with Gasteiger partial charge in [-0.25, -0.2) is 14.8 Å². The van der Waals surface area contributed by atoms with Crippen molar-refractivity contribution in [2.75, 3.05) is 11.1 Å². The van der Waals surface area contributed by atoms with Crippen LogP contribution >= 0.6 is 11.8 Å². The van der Waals surface area contributed by atoms with E-state index in [9.17, 15) is 14.4 Å². The Balaban J connectivity index is 1.76. The molecule has 0 radical (unpaired) electrons. The summed E-state index contributed by atoms with van der Waals surface area (Å²) in [6.45, 7) is 0. The fourth-order valence-electron chi connectivity index (χ4n) is 2.26. The van der Waals surface area contributed by atoms with Gasteiger partial charge in [-0.05, 0) is 6.07 Å². The summed E-state index contributed by atoms with van der Waals surface area (Å²) in [6, 6.07) is 8.74. The number of nitrogens with one attached hydrogen (secondary N) is 1. The van der Waals surface area contributed by atoms with Gasteiger partial charge in [0.2, 0.25) is 5.91 Å². The maximum atomic E-state index is 12.2. The Labute approximate surface area is 146 Å². The lowest BCUT2D eigenvalue weighted by atomic mass is 10.2. The molecule has 0 atom stereocenters. The predicted molar refractivity (Wildman–Crippen MR) is 95.8 cm³/mol. The van der Waals surface area contributed by atoms with Crippen LogP contribution in [0.1, 0.15) is 0 Å². The molecule has 3 rings (SSSR count). The highest BCUT2D eigenvalue weighted by Gasteiger charge is 2.11. The summed E-state index contributed by atoms with van der Waals surface area (Å²) in [7, 11) is 2.87. The Bertz CT molecular complexity index is 1070. The molecule has 0 saturated carbocycles. The molecular formula is C16H15N5O3S. The number of benzene rings is 1. The number of anilines is 1. The molecular weight excluding hydrogens is 342 g/mol. The Hall–Kier alpha value is -2.94. The van der Waals surface area contributed by atoms with Crippen LogP contribution < -0.4 is 16.6 Å². The van der Waals surface area contributed by atoms with Crippen molar-refractivity contribution in [2.45, 2.75) is 5.03 Å². The molecule has 0 saturated heterocycles. The lowest BCUT2D eigenvalue weighted by Gasteiger charge is -2.10. The number of hydrogen-bond acceptors (Lipinski definition) is 6. The number of thioether (sulfide) groups is 1. The van der Waals surface area contributed by atoms with Gasteiger partial charge in [-0.15, -0.1) is 0 Å². The second kappa shape index (κ2) is 6.89. The van der Waals surface area contributed by atoms with Crippen molar-refractivity contribution in [1.29, 1.82) is 0 Å². The molecule has 1 aromatic carbocycles. The molecule has 9 heteroatoms. The molecule has 25 heavy (non-hydrogen) atoms. The van der Waals surface area contributed by atoms with E-state index in [0.717, 1.165) is 15.5 Å².